The maximum atomic E-state index is 6.10. The number of nitrogens with two attached hydrogens (primary N) is 1. The molecule has 1 aromatic carbocycles. The minimum Gasteiger partial charge on any atom is -0.496 e. The molecule has 1 aliphatic carbocycles. The largest absolute Gasteiger partial charge is 0.496 e. The van der Waals surface area contributed by atoms with Crippen LogP contribution >= 0.6 is 0 Å². The normalized spacial score (nSPS) is 18.3. The standard InChI is InChI=1S/C11H15NO/c1-13-10-5-3-2-4-9(10)11(12)8-6-7-8/h2-5,8,11H,6-7,12H2,1H3/t11-/m1/s1. The SMILES string of the molecule is COc1ccccc1[C@H](N)C1CC1. The highest BCUT2D eigenvalue weighted by molar-refractivity contribution is 5.36. The first-order chi connectivity index (χ1) is 6.33. The van der Waals surface area contributed by atoms with Gasteiger partial charge in [-0.3, -0.25) is 0 Å². The summed E-state index contributed by atoms with van der Waals surface area (Å²) in [4.78, 5) is 0. The van der Waals surface area contributed by atoms with Gasteiger partial charge < -0.3 is 10.5 Å². The summed E-state index contributed by atoms with van der Waals surface area (Å²) in [7, 11) is 1.69. The second-order valence-electron chi connectivity index (χ2n) is 3.61. The Morgan fingerprint density at radius 2 is 2.08 bits per heavy atom. The third-order valence-electron chi connectivity index (χ3n) is 2.63. The molecule has 1 aliphatic rings. The molecule has 2 heteroatoms. The molecule has 0 saturated heterocycles. The minimum absolute atomic E-state index is 0.163. The van der Waals surface area contributed by atoms with Crippen LogP contribution in [-0.2, 0) is 0 Å². The molecular formula is C11H15NO. The predicted molar refractivity (Wildman–Crippen MR) is 52.6 cm³/mol. The third-order valence-corrected chi connectivity index (χ3v) is 2.63. The molecule has 0 bridgehead atoms. The van der Waals surface area contributed by atoms with Crippen molar-refractivity contribution in [2.24, 2.45) is 11.7 Å². The molecule has 1 fully saturated rings. The Hall–Kier alpha value is -1.02. The van der Waals surface area contributed by atoms with Gasteiger partial charge in [0.15, 0.2) is 0 Å². The number of para-hydroxylation sites is 1. The third kappa shape index (κ3) is 1.68. The molecule has 70 valence electrons. The molecule has 0 aromatic heterocycles. The smallest absolute Gasteiger partial charge is 0.123 e. The van der Waals surface area contributed by atoms with Crippen molar-refractivity contribution in [1.82, 2.24) is 0 Å². The first-order valence-electron chi connectivity index (χ1n) is 4.71. The number of hydrogen-bond acceptors (Lipinski definition) is 2. The van der Waals surface area contributed by atoms with Crippen molar-refractivity contribution in [3.8, 4) is 5.75 Å². The molecule has 1 aromatic rings. The maximum Gasteiger partial charge on any atom is 0.123 e. The van der Waals surface area contributed by atoms with Crippen LogP contribution in [-0.4, -0.2) is 7.11 Å². The predicted octanol–water partition coefficient (Wildman–Crippen LogP) is 2.10. The Morgan fingerprint density at radius 3 is 2.69 bits per heavy atom. The van der Waals surface area contributed by atoms with Gasteiger partial charge in [0.25, 0.3) is 0 Å². The number of benzene rings is 1. The Bertz CT molecular complexity index is 294. The van der Waals surface area contributed by atoms with E-state index in [9.17, 15) is 0 Å². The Morgan fingerprint density at radius 1 is 1.38 bits per heavy atom. The summed E-state index contributed by atoms with van der Waals surface area (Å²) in [6.07, 6.45) is 2.53. The Labute approximate surface area is 78.7 Å². The van der Waals surface area contributed by atoms with Gasteiger partial charge in [-0.25, -0.2) is 0 Å². The summed E-state index contributed by atoms with van der Waals surface area (Å²) in [5.41, 5.74) is 7.24. The van der Waals surface area contributed by atoms with Crippen LogP contribution in [0.5, 0.6) is 5.75 Å². The van der Waals surface area contributed by atoms with Gasteiger partial charge in [-0.1, -0.05) is 18.2 Å². The van der Waals surface area contributed by atoms with Gasteiger partial charge in [-0.15, -0.1) is 0 Å². The van der Waals surface area contributed by atoms with E-state index >= 15 is 0 Å². The van der Waals surface area contributed by atoms with E-state index < -0.39 is 0 Å². The minimum atomic E-state index is 0.163. The van der Waals surface area contributed by atoms with Crippen molar-refractivity contribution in [1.29, 1.82) is 0 Å². The zero-order chi connectivity index (χ0) is 9.26. The average Bonchev–Trinajstić information content (AvgIpc) is 3.00. The van der Waals surface area contributed by atoms with Gasteiger partial charge >= 0.3 is 0 Å². The molecule has 1 atom stereocenters. The van der Waals surface area contributed by atoms with Crippen molar-refractivity contribution in [2.45, 2.75) is 18.9 Å². The summed E-state index contributed by atoms with van der Waals surface area (Å²) in [5.74, 6) is 1.60. The molecule has 0 amide bonds. The van der Waals surface area contributed by atoms with E-state index in [1.165, 1.54) is 12.8 Å². The highest BCUT2D eigenvalue weighted by atomic mass is 16.5. The summed E-state index contributed by atoms with van der Waals surface area (Å²) >= 11 is 0. The Kier molecular flexibility index (Phi) is 2.23. The van der Waals surface area contributed by atoms with Gasteiger partial charge in [0.2, 0.25) is 0 Å². The van der Waals surface area contributed by atoms with E-state index in [2.05, 4.69) is 6.07 Å². The zero-order valence-corrected chi connectivity index (χ0v) is 7.86. The van der Waals surface area contributed by atoms with E-state index in [1.54, 1.807) is 7.11 Å². The average molecular weight is 177 g/mol. The summed E-state index contributed by atoms with van der Waals surface area (Å²) in [6, 6.07) is 8.18. The van der Waals surface area contributed by atoms with E-state index in [0.29, 0.717) is 5.92 Å². The second kappa shape index (κ2) is 3.38. The lowest BCUT2D eigenvalue weighted by Gasteiger charge is -2.14. The van der Waals surface area contributed by atoms with E-state index in [4.69, 9.17) is 10.5 Å². The van der Waals surface area contributed by atoms with Crippen LogP contribution in [0.2, 0.25) is 0 Å². The fourth-order valence-corrected chi connectivity index (χ4v) is 1.65. The van der Waals surface area contributed by atoms with E-state index in [0.717, 1.165) is 11.3 Å². The molecule has 13 heavy (non-hydrogen) atoms. The summed E-state index contributed by atoms with van der Waals surface area (Å²) < 4.78 is 5.26. The van der Waals surface area contributed by atoms with Gasteiger partial charge in [0.1, 0.15) is 5.75 Å². The fraction of sp³-hybridized carbons (Fsp3) is 0.455. The van der Waals surface area contributed by atoms with E-state index in [1.807, 2.05) is 18.2 Å². The zero-order valence-electron chi connectivity index (χ0n) is 7.86. The highest BCUT2D eigenvalue weighted by Crippen LogP contribution is 2.41. The fourth-order valence-electron chi connectivity index (χ4n) is 1.65. The molecule has 0 aliphatic heterocycles. The molecule has 0 spiro atoms. The lowest BCUT2D eigenvalue weighted by Crippen LogP contribution is -2.13. The van der Waals surface area contributed by atoms with Crippen LogP contribution in [0.1, 0.15) is 24.4 Å². The maximum absolute atomic E-state index is 6.10. The topological polar surface area (TPSA) is 35.2 Å². The first-order valence-corrected chi connectivity index (χ1v) is 4.71. The van der Waals surface area contributed by atoms with Gasteiger partial charge in [0, 0.05) is 11.6 Å². The van der Waals surface area contributed by atoms with Gasteiger partial charge in [0.05, 0.1) is 7.11 Å². The Balaban J connectivity index is 2.26. The van der Waals surface area contributed by atoms with Crippen molar-refractivity contribution in [3.05, 3.63) is 29.8 Å². The molecule has 2 rings (SSSR count). The molecule has 2 nitrogen and oxygen atoms in total. The highest BCUT2D eigenvalue weighted by Gasteiger charge is 2.30. The summed E-state index contributed by atoms with van der Waals surface area (Å²) in [6.45, 7) is 0. The summed E-state index contributed by atoms with van der Waals surface area (Å²) in [5, 5.41) is 0. The van der Waals surface area contributed by atoms with Crippen LogP contribution in [0.15, 0.2) is 24.3 Å². The second-order valence-corrected chi connectivity index (χ2v) is 3.61. The van der Waals surface area contributed by atoms with Crippen LogP contribution in [0.25, 0.3) is 0 Å². The monoisotopic (exact) mass is 177 g/mol. The number of rotatable bonds is 3. The molecule has 0 unspecified atom stereocenters. The van der Waals surface area contributed by atoms with Crippen LogP contribution in [0.3, 0.4) is 0 Å². The van der Waals surface area contributed by atoms with Gasteiger partial charge in [-0.05, 0) is 24.8 Å². The number of hydrogen-bond donors (Lipinski definition) is 1. The van der Waals surface area contributed by atoms with Crippen LogP contribution in [0.4, 0.5) is 0 Å². The van der Waals surface area contributed by atoms with Gasteiger partial charge in [-0.2, -0.15) is 0 Å². The first kappa shape index (κ1) is 8.57. The number of ether oxygens (including phenoxy) is 1. The molecular weight excluding hydrogens is 162 g/mol. The van der Waals surface area contributed by atoms with Crippen molar-refractivity contribution >= 4 is 0 Å². The van der Waals surface area contributed by atoms with Crippen molar-refractivity contribution in [2.75, 3.05) is 7.11 Å². The van der Waals surface area contributed by atoms with Crippen LogP contribution < -0.4 is 10.5 Å². The quantitative estimate of drug-likeness (QED) is 0.767. The molecule has 0 heterocycles. The lowest BCUT2D eigenvalue weighted by atomic mass is 10.0. The molecule has 0 radical (unpaired) electrons. The number of methoxy groups -OCH3 is 1. The van der Waals surface area contributed by atoms with Crippen molar-refractivity contribution in [3.63, 3.8) is 0 Å². The van der Waals surface area contributed by atoms with E-state index in [-0.39, 0.29) is 6.04 Å². The molecule has 1 saturated carbocycles. The van der Waals surface area contributed by atoms with Crippen molar-refractivity contribution < 1.29 is 4.74 Å². The lowest BCUT2D eigenvalue weighted by molar-refractivity contribution is 0.403. The van der Waals surface area contributed by atoms with Crippen LogP contribution in [0, 0.1) is 5.92 Å². The molecule has 2 N–H and O–H groups in total.